The van der Waals surface area contributed by atoms with Crippen molar-refractivity contribution < 1.29 is 19.8 Å². The smallest absolute Gasteiger partial charge is 0.309 e. The van der Waals surface area contributed by atoms with Gasteiger partial charge in [-0.05, 0) is 62.5 Å². The monoisotopic (exact) mass is 443 g/mol. The van der Waals surface area contributed by atoms with Gasteiger partial charge < -0.3 is 15.1 Å². The van der Waals surface area contributed by atoms with Gasteiger partial charge in [-0.15, -0.1) is 5.10 Å². The molecule has 0 radical (unpaired) electrons. The third-order valence-electron chi connectivity index (χ3n) is 6.83. The molecule has 2 atom stereocenters. The molecule has 0 spiro atoms. The molecule has 0 amide bonds. The van der Waals surface area contributed by atoms with Crippen LogP contribution < -0.4 is 4.90 Å². The maximum Gasteiger partial charge on any atom is 0.309 e. The lowest BCUT2D eigenvalue weighted by molar-refractivity contribution is -0.146. The summed E-state index contributed by atoms with van der Waals surface area (Å²) >= 11 is 6.49. The Kier molecular flexibility index (Phi) is 5.26. The molecule has 0 bridgehead atoms. The van der Waals surface area contributed by atoms with Crippen LogP contribution in [0.15, 0.2) is 18.2 Å². The summed E-state index contributed by atoms with van der Waals surface area (Å²) in [5.41, 5.74) is 3.50. The average molecular weight is 444 g/mol. The van der Waals surface area contributed by atoms with Crippen molar-refractivity contribution in [2.75, 3.05) is 18.0 Å². The minimum absolute atomic E-state index is 0.196. The zero-order valence-electron chi connectivity index (χ0n) is 17.3. The number of aliphatic hydroxyl groups is 1. The minimum Gasteiger partial charge on any atom is -0.481 e. The molecule has 1 saturated carbocycles. The number of hydrogen-bond donors (Lipinski definition) is 2. The molecule has 3 aliphatic rings. The number of carbonyl (C=O) groups is 2. The van der Waals surface area contributed by atoms with E-state index >= 15 is 0 Å². The van der Waals surface area contributed by atoms with Crippen molar-refractivity contribution in [3.63, 3.8) is 0 Å². The highest BCUT2D eigenvalue weighted by Gasteiger charge is 2.37. The van der Waals surface area contributed by atoms with Crippen LogP contribution in [0.4, 0.5) is 5.82 Å². The van der Waals surface area contributed by atoms with Crippen molar-refractivity contribution in [1.82, 2.24) is 9.78 Å². The summed E-state index contributed by atoms with van der Waals surface area (Å²) < 4.78 is 1.52. The van der Waals surface area contributed by atoms with E-state index in [-0.39, 0.29) is 12.5 Å². The highest BCUT2D eigenvalue weighted by atomic mass is 35.5. The zero-order valence-corrected chi connectivity index (χ0v) is 18.0. The van der Waals surface area contributed by atoms with Crippen molar-refractivity contribution in [1.29, 1.82) is 0 Å². The van der Waals surface area contributed by atoms with Gasteiger partial charge in [-0.25, -0.2) is 0 Å². The molecule has 31 heavy (non-hydrogen) atoms. The van der Waals surface area contributed by atoms with E-state index in [1.165, 1.54) is 4.68 Å². The predicted octanol–water partition coefficient (Wildman–Crippen LogP) is 3.25. The van der Waals surface area contributed by atoms with Crippen LogP contribution in [0.5, 0.6) is 0 Å². The Morgan fingerprint density at radius 3 is 2.61 bits per heavy atom. The van der Waals surface area contributed by atoms with Crippen molar-refractivity contribution in [2.24, 2.45) is 5.92 Å². The number of aliphatic carboxylic acids is 1. The van der Waals surface area contributed by atoms with E-state index in [1.807, 2.05) is 17.0 Å². The topological polar surface area (TPSA) is 95.7 Å². The number of halogens is 1. The van der Waals surface area contributed by atoms with Gasteiger partial charge in [0.05, 0.1) is 28.3 Å². The number of rotatable bonds is 4. The number of piperidine rings is 1. The summed E-state index contributed by atoms with van der Waals surface area (Å²) in [5, 5.41) is 24.9. The lowest BCUT2D eigenvalue weighted by atomic mass is 9.92. The van der Waals surface area contributed by atoms with E-state index in [2.05, 4.69) is 0 Å². The van der Waals surface area contributed by atoms with Crippen molar-refractivity contribution >= 4 is 29.3 Å². The van der Waals surface area contributed by atoms with Gasteiger partial charge in [0.1, 0.15) is 0 Å². The molecule has 2 aromatic rings. The highest BCUT2D eigenvalue weighted by molar-refractivity contribution is 6.34. The van der Waals surface area contributed by atoms with Crippen molar-refractivity contribution in [2.45, 2.75) is 57.0 Å². The fourth-order valence-corrected chi connectivity index (χ4v) is 5.28. The van der Waals surface area contributed by atoms with E-state index in [0.717, 1.165) is 55.3 Å². The lowest BCUT2D eigenvalue weighted by Crippen LogP contribution is -2.47. The number of β-amino-alcohol motifs (C(OH)–C–C–N with tert-alkyl or cyclic N) is 1. The first-order valence-electron chi connectivity index (χ1n) is 11.1. The molecule has 1 aliphatic heterocycles. The number of aromatic nitrogens is 2. The summed E-state index contributed by atoms with van der Waals surface area (Å²) in [5.74, 6) is -0.848. The maximum atomic E-state index is 13.7. The molecular formula is C23H26ClN3O4. The van der Waals surface area contributed by atoms with E-state index in [0.29, 0.717) is 35.3 Å². The fourth-order valence-electron chi connectivity index (χ4n) is 5.02. The Morgan fingerprint density at radius 1 is 1.13 bits per heavy atom. The Morgan fingerprint density at radius 2 is 1.90 bits per heavy atom. The second kappa shape index (κ2) is 7.95. The van der Waals surface area contributed by atoms with E-state index < -0.39 is 18.0 Å². The number of fused-ring (bicyclic) bond motifs is 1. The summed E-state index contributed by atoms with van der Waals surface area (Å²) in [6.07, 6.45) is 5.13. The van der Waals surface area contributed by atoms with E-state index in [1.54, 1.807) is 6.07 Å². The van der Waals surface area contributed by atoms with Crippen molar-refractivity contribution in [3.05, 3.63) is 45.6 Å². The first kappa shape index (κ1) is 20.5. The Labute approximate surface area is 185 Å². The second-order valence-electron chi connectivity index (χ2n) is 8.90. The molecule has 5 rings (SSSR count). The number of nitrogens with zero attached hydrogens (tertiary/aromatic N) is 3. The van der Waals surface area contributed by atoms with Gasteiger partial charge in [-0.2, -0.15) is 4.68 Å². The molecule has 2 N–H and O–H groups in total. The molecule has 1 aromatic carbocycles. The number of aliphatic hydroxyl groups excluding tert-OH is 1. The highest BCUT2D eigenvalue weighted by Crippen LogP contribution is 2.43. The van der Waals surface area contributed by atoms with Gasteiger partial charge in [-0.1, -0.05) is 23.7 Å². The zero-order chi connectivity index (χ0) is 21.7. The Bertz CT molecular complexity index is 1050. The van der Waals surface area contributed by atoms with Crippen LogP contribution in [-0.4, -0.2) is 51.1 Å². The summed E-state index contributed by atoms with van der Waals surface area (Å²) in [6.45, 7) is 0.694. The predicted molar refractivity (Wildman–Crippen MR) is 116 cm³/mol. The summed E-state index contributed by atoms with van der Waals surface area (Å²) in [6, 6.07) is 5.63. The van der Waals surface area contributed by atoms with Crippen LogP contribution in [0.2, 0.25) is 5.02 Å². The van der Waals surface area contributed by atoms with Gasteiger partial charge in [0.2, 0.25) is 0 Å². The van der Waals surface area contributed by atoms with Crippen LogP contribution in [-0.2, 0) is 17.6 Å². The van der Waals surface area contributed by atoms with Crippen LogP contribution in [0.1, 0.15) is 65.2 Å². The largest absolute Gasteiger partial charge is 0.481 e. The minimum atomic E-state index is -0.971. The molecular weight excluding hydrogens is 418 g/mol. The number of carbonyl (C=O) groups excluding carboxylic acids is 1. The molecule has 1 unspecified atom stereocenters. The SMILES string of the molecule is O=C(O)C1CCN(c2nn(C(=O)c3c(Cl)cccc3C3CC3)c3c2CCCC3)C[C@H]1O. The van der Waals surface area contributed by atoms with E-state index in [9.17, 15) is 19.8 Å². The van der Waals surface area contributed by atoms with Gasteiger partial charge in [0.15, 0.2) is 5.82 Å². The average Bonchev–Trinajstić information content (AvgIpc) is 3.53. The molecule has 8 heteroatoms. The van der Waals surface area contributed by atoms with E-state index in [4.69, 9.17) is 16.7 Å². The Balaban J connectivity index is 1.53. The molecule has 2 aliphatic carbocycles. The third kappa shape index (κ3) is 3.64. The normalized spacial score (nSPS) is 23.5. The number of hydrogen-bond acceptors (Lipinski definition) is 5. The molecule has 1 saturated heterocycles. The maximum absolute atomic E-state index is 13.7. The molecule has 164 valence electrons. The quantitative estimate of drug-likeness (QED) is 0.753. The fraction of sp³-hybridized carbons (Fsp3) is 0.522. The van der Waals surface area contributed by atoms with Crippen LogP contribution >= 0.6 is 11.6 Å². The van der Waals surface area contributed by atoms with Crippen LogP contribution in [0, 0.1) is 5.92 Å². The summed E-state index contributed by atoms with van der Waals surface area (Å²) in [4.78, 5) is 27.0. The van der Waals surface area contributed by atoms with Crippen LogP contribution in [0.3, 0.4) is 0 Å². The molecule has 2 fully saturated rings. The number of anilines is 1. The van der Waals surface area contributed by atoms with Crippen LogP contribution in [0.25, 0.3) is 0 Å². The first-order chi connectivity index (χ1) is 15.0. The van der Waals surface area contributed by atoms with Crippen molar-refractivity contribution in [3.8, 4) is 0 Å². The van der Waals surface area contributed by atoms with Gasteiger partial charge in [0.25, 0.3) is 5.91 Å². The standard InChI is InChI=1S/C23H26ClN3O4/c24-17-6-3-5-14(13-8-9-13)20(17)22(29)27-18-7-2-1-4-15(18)21(25-27)26-11-10-16(23(30)31)19(28)12-26/h3,5-6,13,16,19,28H,1-2,4,7-12H2,(H,30,31)/t16?,19-/m1/s1. The third-order valence-corrected chi connectivity index (χ3v) is 7.14. The van der Waals surface area contributed by atoms with Gasteiger partial charge in [0, 0.05) is 18.7 Å². The number of carboxylic acids is 1. The lowest BCUT2D eigenvalue weighted by Gasteiger charge is -2.34. The number of benzene rings is 1. The second-order valence-corrected chi connectivity index (χ2v) is 9.31. The Hall–Kier alpha value is -2.38. The summed E-state index contributed by atoms with van der Waals surface area (Å²) in [7, 11) is 0. The molecule has 1 aromatic heterocycles. The number of carboxylic acid groups (broad SMARTS) is 1. The molecule has 2 heterocycles. The van der Waals surface area contributed by atoms with Gasteiger partial charge in [-0.3, -0.25) is 9.59 Å². The first-order valence-corrected chi connectivity index (χ1v) is 11.4. The van der Waals surface area contributed by atoms with Gasteiger partial charge >= 0.3 is 5.97 Å². The molecule has 7 nitrogen and oxygen atoms in total.